The monoisotopic (exact) mass is 285 g/mol. The van der Waals surface area contributed by atoms with Crippen LogP contribution in [0.1, 0.15) is 58.3 Å². The molecule has 0 bridgehead atoms. The zero-order chi connectivity index (χ0) is 15.0. The van der Waals surface area contributed by atoms with Crippen molar-refractivity contribution in [1.29, 1.82) is 0 Å². The fourth-order valence-corrected chi connectivity index (χ4v) is 2.68. The maximum Gasteiger partial charge on any atom is 0.326 e. The summed E-state index contributed by atoms with van der Waals surface area (Å²) in [5, 5.41) is 9.17. The number of carbonyl (C=O) groups excluding carboxylic acids is 1. The Bertz CT molecular complexity index is 319. The molecule has 2 unspecified atom stereocenters. The van der Waals surface area contributed by atoms with Crippen LogP contribution in [-0.4, -0.2) is 47.7 Å². The molecule has 1 heterocycles. The SMILES string of the molecule is CCCCCCCCC(=O)N1CC(OC)CC1C(=O)O. The molecular formula is C15H27NO4. The molecule has 20 heavy (non-hydrogen) atoms. The van der Waals surface area contributed by atoms with E-state index in [0.29, 0.717) is 19.4 Å². The summed E-state index contributed by atoms with van der Waals surface area (Å²) in [7, 11) is 1.56. The lowest BCUT2D eigenvalue weighted by Crippen LogP contribution is -2.40. The average molecular weight is 285 g/mol. The Morgan fingerprint density at radius 3 is 2.45 bits per heavy atom. The van der Waals surface area contributed by atoms with Crippen LogP contribution >= 0.6 is 0 Å². The molecule has 116 valence electrons. The normalized spacial score (nSPS) is 22.2. The lowest BCUT2D eigenvalue weighted by Gasteiger charge is -2.21. The van der Waals surface area contributed by atoms with Crippen molar-refractivity contribution in [1.82, 2.24) is 4.90 Å². The van der Waals surface area contributed by atoms with Gasteiger partial charge in [0, 0.05) is 26.5 Å². The molecule has 0 saturated carbocycles. The molecule has 1 rings (SSSR count). The van der Waals surface area contributed by atoms with Crippen LogP contribution in [0.4, 0.5) is 0 Å². The highest BCUT2D eigenvalue weighted by Gasteiger charge is 2.39. The molecule has 1 amide bonds. The summed E-state index contributed by atoms with van der Waals surface area (Å²) in [5.74, 6) is -0.978. The van der Waals surface area contributed by atoms with Crippen molar-refractivity contribution < 1.29 is 19.4 Å². The van der Waals surface area contributed by atoms with Crippen LogP contribution in [0.3, 0.4) is 0 Å². The second kappa shape index (κ2) is 8.95. The Hall–Kier alpha value is -1.10. The molecule has 0 aromatic carbocycles. The predicted molar refractivity (Wildman–Crippen MR) is 76.5 cm³/mol. The Kier molecular flexibility index (Phi) is 7.59. The Balaban J connectivity index is 2.32. The average Bonchev–Trinajstić information content (AvgIpc) is 2.87. The number of hydrogen-bond donors (Lipinski definition) is 1. The number of amides is 1. The lowest BCUT2D eigenvalue weighted by atomic mass is 10.1. The number of unbranched alkanes of at least 4 members (excludes halogenated alkanes) is 5. The van der Waals surface area contributed by atoms with Crippen LogP contribution in [0.15, 0.2) is 0 Å². The van der Waals surface area contributed by atoms with Crippen LogP contribution in [0.2, 0.25) is 0 Å². The van der Waals surface area contributed by atoms with E-state index in [1.54, 1.807) is 7.11 Å². The van der Waals surface area contributed by atoms with Crippen LogP contribution in [0.5, 0.6) is 0 Å². The van der Waals surface area contributed by atoms with E-state index in [1.165, 1.54) is 24.2 Å². The molecule has 0 aromatic rings. The third-order valence-electron chi connectivity index (χ3n) is 3.95. The van der Waals surface area contributed by atoms with E-state index in [9.17, 15) is 9.59 Å². The molecule has 1 N–H and O–H groups in total. The minimum atomic E-state index is -0.930. The Morgan fingerprint density at radius 1 is 1.20 bits per heavy atom. The number of carboxylic acids is 1. The number of aliphatic carboxylic acids is 1. The van der Waals surface area contributed by atoms with Gasteiger partial charge in [0.2, 0.25) is 5.91 Å². The molecule has 1 saturated heterocycles. The molecule has 5 heteroatoms. The maximum atomic E-state index is 12.1. The van der Waals surface area contributed by atoms with Gasteiger partial charge in [-0.25, -0.2) is 4.79 Å². The van der Waals surface area contributed by atoms with E-state index < -0.39 is 12.0 Å². The molecule has 0 aliphatic carbocycles. The van der Waals surface area contributed by atoms with Crippen molar-refractivity contribution in [2.75, 3.05) is 13.7 Å². The maximum absolute atomic E-state index is 12.1. The molecule has 1 aliphatic rings. The summed E-state index contributed by atoms with van der Waals surface area (Å²) in [6.07, 6.45) is 7.43. The highest BCUT2D eigenvalue weighted by molar-refractivity contribution is 5.84. The lowest BCUT2D eigenvalue weighted by molar-refractivity contribution is -0.148. The van der Waals surface area contributed by atoms with Gasteiger partial charge in [-0.1, -0.05) is 39.0 Å². The number of methoxy groups -OCH3 is 1. The highest BCUT2D eigenvalue weighted by atomic mass is 16.5. The Labute approximate surface area is 121 Å². The quantitative estimate of drug-likeness (QED) is 0.661. The first-order chi connectivity index (χ1) is 9.60. The zero-order valence-electron chi connectivity index (χ0n) is 12.6. The van der Waals surface area contributed by atoms with E-state index >= 15 is 0 Å². The largest absolute Gasteiger partial charge is 0.480 e. The molecule has 0 radical (unpaired) electrons. The molecule has 2 atom stereocenters. The van der Waals surface area contributed by atoms with Crippen molar-refractivity contribution in [3.8, 4) is 0 Å². The number of nitrogens with zero attached hydrogens (tertiary/aromatic N) is 1. The summed E-state index contributed by atoms with van der Waals surface area (Å²) in [6, 6.07) is -0.715. The first-order valence-electron chi connectivity index (χ1n) is 7.65. The van der Waals surface area contributed by atoms with Gasteiger partial charge in [-0.2, -0.15) is 0 Å². The number of ether oxygens (including phenoxy) is 1. The van der Waals surface area contributed by atoms with Gasteiger partial charge >= 0.3 is 5.97 Å². The van der Waals surface area contributed by atoms with Crippen LogP contribution in [0.25, 0.3) is 0 Å². The van der Waals surface area contributed by atoms with Gasteiger partial charge in [0.05, 0.1) is 6.10 Å². The van der Waals surface area contributed by atoms with Gasteiger partial charge in [0.15, 0.2) is 0 Å². The minimum absolute atomic E-state index is 0.0487. The van der Waals surface area contributed by atoms with Gasteiger partial charge < -0.3 is 14.7 Å². The van der Waals surface area contributed by atoms with Crippen LogP contribution in [0, 0.1) is 0 Å². The van der Waals surface area contributed by atoms with Crippen molar-refractivity contribution in [2.45, 2.75) is 70.4 Å². The highest BCUT2D eigenvalue weighted by Crippen LogP contribution is 2.22. The van der Waals surface area contributed by atoms with E-state index in [2.05, 4.69) is 6.92 Å². The number of carboxylic acid groups (broad SMARTS) is 1. The first-order valence-corrected chi connectivity index (χ1v) is 7.65. The van der Waals surface area contributed by atoms with E-state index in [1.807, 2.05) is 0 Å². The summed E-state index contributed by atoms with van der Waals surface area (Å²) in [5.41, 5.74) is 0. The zero-order valence-corrected chi connectivity index (χ0v) is 12.6. The topological polar surface area (TPSA) is 66.8 Å². The number of likely N-dealkylation sites (tertiary alicyclic amines) is 1. The van der Waals surface area contributed by atoms with Gasteiger partial charge in [0.25, 0.3) is 0 Å². The fraction of sp³-hybridized carbons (Fsp3) is 0.867. The van der Waals surface area contributed by atoms with Crippen molar-refractivity contribution >= 4 is 11.9 Å². The number of rotatable bonds is 9. The smallest absolute Gasteiger partial charge is 0.326 e. The third kappa shape index (κ3) is 5.12. The number of carbonyl (C=O) groups is 2. The van der Waals surface area contributed by atoms with E-state index in [-0.39, 0.29) is 12.0 Å². The first kappa shape index (κ1) is 17.0. The summed E-state index contributed by atoms with van der Waals surface area (Å²) < 4.78 is 5.18. The van der Waals surface area contributed by atoms with Crippen LogP contribution in [-0.2, 0) is 14.3 Å². The molecule has 0 spiro atoms. The van der Waals surface area contributed by atoms with Gasteiger partial charge in [-0.15, -0.1) is 0 Å². The van der Waals surface area contributed by atoms with Gasteiger partial charge in [-0.05, 0) is 6.42 Å². The van der Waals surface area contributed by atoms with Crippen molar-refractivity contribution in [2.24, 2.45) is 0 Å². The summed E-state index contributed by atoms with van der Waals surface area (Å²) >= 11 is 0. The van der Waals surface area contributed by atoms with Gasteiger partial charge in [0.1, 0.15) is 6.04 Å². The second-order valence-corrected chi connectivity index (χ2v) is 5.51. The second-order valence-electron chi connectivity index (χ2n) is 5.51. The summed E-state index contributed by atoms with van der Waals surface area (Å²) in [6.45, 7) is 2.58. The minimum Gasteiger partial charge on any atom is -0.480 e. The number of hydrogen-bond acceptors (Lipinski definition) is 3. The van der Waals surface area contributed by atoms with Crippen molar-refractivity contribution in [3.63, 3.8) is 0 Å². The van der Waals surface area contributed by atoms with Gasteiger partial charge in [-0.3, -0.25) is 4.79 Å². The molecular weight excluding hydrogens is 258 g/mol. The van der Waals surface area contributed by atoms with E-state index in [0.717, 1.165) is 19.3 Å². The third-order valence-corrected chi connectivity index (χ3v) is 3.95. The molecule has 5 nitrogen and oxygen atoms in total. The van der Waals surface area contributed by atoms with E-state index in [4.69, 9.17) is 9.84 Å². The standard InChI is InChI=1S/C15H27NO4/c1-3-4-5-6-7-8-9-14(17)16-11-12(20-2)10-13(16)15(18)19/h12-13H,3-11H2,1-2H3,(H,18,19). The molecule has 0 aromatic heterocycles. The predicted octanol–water partition coefficient (Wildman–Crippen LogP) is 2.44. The summed E-state index contributed by atoms with van der Waals surface area (Å²) in [4.78, 5) is 24.8. The Morgan fingerprint density at radius 2 is 1.85 bits per heavy atom. The van der Waals surface area contributed by atoms with Crippen LogP contribution < -0.4 is 0 Å². The van der Waals surface area contributed by atoms with Crippen molar-refractivity contribution in [3.05, 3.63) is 0 Å². The fourth-order valence-electron chi connectivity index (χ4n) is 2.68. The molecule has 1 fully saturated rings. The molecule has 1 aliphatic heterocycles.